The number of carbonyl (C=O) groups excluding carboxylic acids is 1. The van der Waals surface area contributed by atoms with E-state index >= 15 is 0 Å². The number of rotatable bonds is 3. The molecule has 1 amide bonds. The van der Waals surface area contributed by atoms with E-state index in [-0.39, 0.29) is 5.91 Å². The molecule has 1 aliphatic heterocycles. The Morgan fingerprint density at radius 2 is 2.00 bits per heavy atom. The summed E-state index contributed by atoms with van der Waals surface area (Å²) in [7, 11) is 0. The van der Waals surface area contributed by atoms with E-state index < -0.39 is 0 Å². The van der Waals surface area contributed by atoms with Gasteiger partial charge in [-0.2, -0.15) is 0 Å². The molecule has 0 aromatic heterocycles. The number of hydrogen-bond donors (Lipinski definition) is 2. The van der Waals surface area contributed by atoms with Gasteiger partial charge in [-0.3, -0.25) is 4.79 Å². The number of halogens is 1. The minimum Gasteiger partial charge on any atom is -0.348 e. The molecule has 2 aromatic rings. The lowest BCUT2D eigenvalue weighted by molar-refractivity contribution is 0.0957. The molecule has 4 heteroatoms. The van der Waals surface area contributed by atoms with Crippen LogP contribution >= 0.6 is 15.9 Å². The Bertz CT molecular complexity index is 709. The molecule has 2 N–H and O–H groups in total. The van der Waals surface area contributed by atoms with Gasteiger partial charge in [-0.1, -0.05) is 39.7 Å². The molecular formula is C17H17BrN2O. The van der Waals surface area contributed by atoms with Crippen molar-refractivity contribution >= 4 is 32.6 Å². The van der Waals surface area contributed by atoms with Crippen molar-refractivity contribution in [1.29, 1.82) is 0 Å². The highest BCUT2D eigenvalue weighted by Crippen LogP contribution is 2.21. The van der Waals surface area contributed by atoms with Crippen LogP contribution in [-0.4, -0.2) is 25.5 Å². The lowest BCUT2D eigenvalue weighted by Gasteiger charge is -2.14. The summed E-state index contributed by atoms with van der Waals surface area (Å²) >= 11 is 3.46. The van der Waals surface area contributed by atoms with Crippen LogP contribution in [0.1, 0.15) is 16.8 Å². The second kappa shape index (κ2) is 6.41. The molecule has 2 aromatic carbocycles. The Hall–Kier alpha value is -1.65. The number of hydrogen-bond acceptors (Lipinski definition) is 2. The van der Waals surface area contributed by atoms with Gasteiger partial charge in [0.05, 0.1) is 0 Å². The maximum Gasteiger partial charge on any atom is 0.251 e. The Morgan fingerprint density at radius 1 is 1.19 bits per heavy atom. The van der Waals surface area contributed by atoms with Crippen LogP contribution in [0.2, 0.25) is 0 Å². The molecule has 108 valence electrons. The van der Waals surface area contributed by atoms with Gasteiger partial charge in [0.15, 0.2) is 0 Å². The Morgan fingerprint density at radius 3 is 2.81 bits per heavy atom. The first-order valence-corrected chi connectivity index (χ1v) is 7.88. The molecule has 1 heterocycles. The molecule has 0 unspecified atom stereocenters. The van der Waals surface area contributed by atoms with Crippen molar-refractivity contribution in [3.63, 3.8) is 0 Å². The monoisotopic (exact) mass is 344 g/mol. The third-order valence-corrected chi connectivity index (χ3v) is 4.19. The first-order chi connectivity index (χ1) is 10.2. The van der Waals surface area contributed by atoms with Crippen LogP contribution in [0.3, 0.4) is 0 Å². The van der Waals surface area contributed by atoms with Gasteiger partial charge in [0, 0.05) is 23.1 Å². The number of carbonyl (C=O) groups is 1. The first-order valence-electron chi connectivity index (χ1n) is 7.08. The zero-order valence-corrected chi connectivity index (χ0v) is 13.2. The van der Waals surface area contributed by atoms with Crippen LogP contribution in [0.5, 0.6) is 0 Å². The zero-order valence-electron chi connectivity index (χ0n) is 11.7. The lowest BCUT2D eigenvalue weighted by Crippen LogP contribution is -2.29. The number of fused-ring (bicyclic) bond motifs is 1. The van der Waals surface area contributed by atoms with Crippen LogP contribution in [0.15, 0.2) is 52.5 Å². The molecule has 0 fully saturated rings. The molecule has 3 nitrogen and oxygen atoms in total. The summed E-state index contributed by atoms with van der Waals surface area (Å²) < 4.78 is 1.05. The van der Waals surface area contributed by atoms with Gasteiger partial charge in [-0.15, -0.1) is 0 Å². The summed E-state index contributed by atoms with van der Waals surface area (Å²) in [4.78, 5) is 12.2. The molecule has 3 rings (SSSR count). The van der Waals surface area contributed by atoms with Crippen LogP contribution in [-0.2, 0) is 0 Å². The van der Waals surface area contributed by atoms with Gasteiger partial charge >= 0.3 is 0 Å². The van der Waals surface area contributed by atoms with E-state index in [1.165, 1.54) is 5.57 Å². The maximum atomic E-state index is 12.2. The summed E-state index contributed by atoms with van der Waals surface area (Å²) in [5, 5.41) is 8.47. The normalized spacial score (nSPS) is 14.8. The molecule has 1 aliphatic rings. The molecule has 0 bridgehead atoms. The third kappa shape index (κ3) is 3.52. The van der Waals surface area contributed by atoms with Crippen molar-refractivity contribution in [2.75, 3.05) is 19.6 Å². The van der Waals surface area contributed by atoms with Crippen LogP contribution in [0, 0.1) is 0 Å². The molecule has 21 heavy (non-hydrogen) atoms. The van der Waals surface area contributed by atoms with Crippen molar-refractivity contribution in [2.45, 2.75) is 6.42 Å². The topological polar surface area (TPSA) is 41.1 Å². The average molecular weight is 345 g/mol. The summed E-state index contributed by atoms with van der Waals surface area (Å²) in [5.74, 6) is -0.0146. The molecule has 0 spiro atoms. The maximum absolute atomic E-state index is 12.2. The summed E-state index contributed by atoms with van der Waals surface area (Å²) in [6, 6.07) is 11.9. The highest BCUT2D eigenvalue weighted by atomic mass is 79.9. The Kier molecular flexibility index (Phi) is 4.36. The Labute approximate surface area is 132 Å². The van der Waals surface area contributed by atoms with Crippen LogP contribution < -0.4 is 10.6 Å². The second-order valence-electron chi connectivity index (χ2n) is 5.21. The fourth-order valence-corrected chi connectivity index (χ4v) is 2.86. The largest absolute Gasteiger partial charge is 0.348 e. The van der Waals surface area contributed by atoms with E-state index in [9.17, 15) is 4.79 Å². The predicted octanol–water partition coefficient (Wildman–Crippen LogP) is 3.25. The van der Waals surface area contributed by atoms with Crippen molar-refractivity contribution in [2.24, 2.45) is 0 Å². The van der Waals surface area contributed by atoms with Gasteiger partial charge in [0.2, 0.25) is 0 Å². The standard InChI is InChI=1S/C17H17BrN2O/c18-16-4-3-13-9-15(2-1-14(13)10-16)17(21)20-11-12-5-7-19-8-6-12/h1-5,9-10,19H,6-8,11H2,(H,20,21). The minimum atomic E-state index is -0.0146. The molecule has 0 aliphatic carbocycles. The van der Waals surface area contributed by atoms with Gasteiger partial charge in [-0.25, -0.2) is 0 Å². The zero-order chi connectivity index (χ0) is 14.7. The van der Waals surface area contributed by atoms with Gasteiger partial charge in [0.25, 0.3) is 5.91 Å². The van der Waals surface area contributed by atoms with Crippen molar-refractivity contribution in [3.8, 4) is 0 Å². The Balaban J connectivity index is 1.72. The highest BCUT2D eigenvalue weighted by molar-refractivity contribution is 9.10. The van der Waals surface area contributed by atoms with Crippen LogP contribution in [0.4, 0.5) is 0 Å². The summed E-state index contributed by atoms with van der Waals surface area (Å²) in [6.07, 6.45) is 3.16. The second-order valence-corrected chi connectivity index (χ2v) is 6.12. The van der Waals surface area contributed by atoms with E-state index in [1.807, 2.05) is 30.3 Å². The van der Waals surface area contributed by atoms with Gasteiger partial charge < -0.3 is 10.6 Å². The summed E-state index contributed by atoms with van der Waals surface area (Å²) in [6.45, 7) is 2.53. The van der Waals surface area contributed by atoms with E-state index in [0.717, 1.165) is 34.8 Å². The summed E-state index contributed by atoms with van der Waals surface area (Å²) in [5.41, 5.74) is 2.01. The predicted molar refractivity (Wildman–Crippen MR) is 89.6 cm³/mol. The first kappa shape index (κ1) is 14.3. The van der Waals surface area contributed by atoms with E-state index in [0.29, 0.717) is 12.1 Å². The van der Waals surface area contributed by atoms with Crippen LogP contribution in [0.25, 0.3) is 10.8 Å². The molecule has 0 saturated heterocycles. The third-order valence-electron chi connectivity index (χ3n) is 3.70. The number of benzene rings is 2. The van der Waals surface area contributed by atoms with Gasteiger partial charge in [0.1, 0.15) is 0 Å². The van der Waals surface area contributed by atoms with E-state index in [1.54, 1.807) is 0 Å². The smallest absolute Gasteiger partial charge is 0.251 e. The quantitative estimate of drug-likeness (QED) is 0.839. The fraction of sp³-hybridized carbons (Fsp3) is 0.235. The molecule has 0 atom stereocenters. The van der Waals surface area contributed by atoms with E-state index in [4.69, 9.17) is 0 Å². The van der Waals surface area contributed by atoms with Crippen molar-refractivity contribution in [1.82, 2.24) is 10.6 Å². The van der Waals surface area contributed by atoms with Crippen molar-refractivity contribution in [3.05, 3.63) is 58.1 Å². The fourth-order valence-electron chi connectivity index (χ4n) is 2.48. The molecule has 0 radical (unpaired) electrons. The highest BCUT2D eigenvalue weighted by Gasteiger charge is 2.08. The van der Waals surface area contributed by atoms with Gasteiger partial charge in [-0.05, 0) is 48.0 Å². The average Bonchev–Trinajstić information content (AvgIpc) is 2.53. The number of amides is 1. The minimum absolute atomic E-state index is 0.0146. The lowest BCUT2D eigenvalue weighted by atomic mass is 10.1. The van der Waals surface area contributed by atoms with Crippen molar-refractivity contribution < 1.29 is 4.79 Å². The SMILES string of the molecule is O=C(NCC1=CCNCC1)c1ccc2cc(Br)ccc2c1. The molecular weight excluding hydrogens is 328 g/mol. The number of nitrogens with one attached hydrogen (secondary N) is 2. The van der Waals surface area contributed by atoms with E-state index in [2.05, 4.69) is 38.7 Å². The molecule has 0 saturated carbocycles.